The fourth-order valence-corrected chi connectivity index (χ4v) is 7.49. The van der Waals surface area contributed by atoms with Gasteiger partial charge in [-0.1, -0.05) is 24.3 Å². The number of para-hydroxylation sites is 1. The lowest BCUT2D eigenvalue weighted by atomic mass is 10.0. The lowest BCUT2D eigenvalue weighted by Gasteiger charge is -2.32. The molecule has 0 aliphatic carbocycles. The second kappa shape index (κ2) is 12.9. The number of urea groups is 1. The normalized spacial score (nSPS) is 18.3. The van der Waals surface area contributed by atoms with Crippen LogP contribution in [-0.4, -0.2) is 71.4 Å². The van der Waals surface area contributed by atoms with Crippen LogP contribution >= 0.6 is 11.3 Å². The minimum atomic E-state index is -0.359. The van der Waals surface area contributed by atoms with Crippen molar-refractivity contribution in [3.8, 4) is 11.5 Å². The number of carbonyl (C=O) groups excluding carboxylic acids is 3. The van der Waals surface area contributed by atoms with Gasteiger partial charge in [0.2, 0.25) is 5.91 Å². The predicted molar refractivity (Wildman–Crippen MR) is 180 cm³/mol. The number of pyridine rings is 1. The van der Waals surface area contributed by atoms with E-state index < -0.39 is 0 Å². The van der Waals surface area contributed by atoms with Crippen molar-refractivity contribution in [3.05, 3.63) is 83.4 Å². The zero-order valence-electron chi connectivity index (χ0n) is 25.7. The van der Waals surface area contributed by atoms with Gasteiger partial charge >= 0.3 is 6.03 Å². The number of anilines is 3. The fourth-order valence-electron chi connectivity index (χ4n) is 6.47. The summed E-state index contributed by atoms with van der Waals surface area (Å²) in [5.74, 6) is 1.10. The maximum atomic E-state index is 13.7. The van der Waals surface area contributed by atoms with Crippen LogP contribution in [-0.2, 0) is 4.79 Å². The van der Waals surface area contributed by atoms with Gasteiger partial charge in [0.15, 0.2) is 0 Å². The van der Waals surface area contributed by atoms with Crippen LogP contribution in [0.4, 0.5) is 21.9 Å². The van der Waals surface area contributed by atoms with E-state index in [4.69, 9.17) is 4.74 Å². The Labute approximate surface area is 271 Å². The summed E-state index contributed by atoms with van der Waals surface area (Å²) in [4.78, 5) is 51.6. The number of rotatable bonds is 8. The molecule has 10 nitrogen and oxygen atoms in total. The number of amides is 4. The molecule has 0 bridgehead atoms. The summed E-state index contributed by atoms with van der Waals surface area (Å²) in [7, 11) is 0. The van der Waals surface area contributed by atoms with Crippen molar-refractivity contribution in [1.29, 1.82) is 0 Å². The third kappa shape index (κ3) is 6.08. The number of aromatic nitrogens is 1. The first kappa shape index (κ1) is 29.9. The first-order chi connectivity index (χ1) is 22.4. The molecule has 1 atom stereocenters. The van der Waals surface area contributed by atoms with E-state index in [0.717, 1.165) is 49.2 Å². The Morgan fingerprint density at radius 1 is 1.04 bits per heavy atom. The largest absolute Gasteiger partial charge is 0.457 e. The lowest BCUT2D eigenvalue weighted by Crippen LogP contribution is -2.49. The van der Waals surface area contributed by atoms with Crippen molar-refractivity contribution in [2.45, 2.75) is 38.6 Å². The zero-order valence-corrected chi connectivity index (χ0v) is 26.5. The monoisotopic (exact) mass is 636 g/mol. The number of ether oxygens (including phenoxy) is 1. The summed E-state index contributed by atoms with van der Waals surface area (Å²) in [6.45, 7) is 6.02. The van der Waals surface area contributed by atoms with E-state index in [0.29, 0.717) is 45.6 Å². The number of hydrogen-bond donors (Lipinski definition) is 2. The molecule has 2 fully saturated rings. The number of benzene rings is 2. The lowest BCUT2D eigenvalue weighted by molar-refractivity contribution is -0.127. The van der Waals surface area contributed by atoms with Crippen molar-refractivity contribution < 1.29 is 19.1 Å². The molecule has 0 radical (unpaired) electrons. The molecular formula is C35H36N6O4S. The van der Waals surface area contributed by atoms with Gasteiger partial charge in [0.1, 0.15) is 21.2 Å². The highest BCUT2D eigenvalue weighted by atomic mass is 32.1. The van der Waals surface area contributed by atoms with E-state index in [1.807, 2.05) is 66.4 Å². The van der Waals surface area contributed by atoms with E-state index in [9.17, 15) is 14.4 Å². The van der Waals surface area contributed by atoms with Crippen LogP contribution in [0.25, 0.3) is 10.2 Å². The molecule has 5 heterocycles. The Balaban J connectivity index is 1.08. The molecule has 7 rings (SSSR count). The Morgan fingerprint density at radius 3 is 2.67 bits per heavy atom. The van der Waals surface area contributed by atoms with E-state index in [1.54, 1.807) is 23.2 Å². The Morgan fingerprint density at radius 2 is 1.87 bits per heavy atom. The van der Waals surface area contributed by atoms with Crippen molar-refractivity contribution in [2.75, 3.05) is 42.9 Å². The molecule has 2 N–H and O–H groups in total. The van der Waals surface area contributed by atoms with Gasteiger partial charge in [0.05, 0.1) is 22.4 Å². The molecule has 11 heteroatoms. The van der Waals surface area contributed by atoms with Crippen LogP contribution < -0.4 is 20.3 Å². The molecule has 0 spiro atoms. The van der Waals surface area contributed by atoms with Gasteiger partial charge in [-0.2, -0.15) is 0 Å². The minimum Gasteiger partial charge on any atom is -0.457 e. The van der Waals surface area contributed by atoms with Crippen molar-refractivity contribution in [1.82, 2.24) is 20.1 Å². The molecule has 4 amide bonds. The van der Waals surface area contributed by atoms with E-state index in [2.05, 4.69) is 20.5 Å². The number of piperidine rings is 1. The zero-order chi connectivity index (χ0) is 31.6. The van der Waals surface area contributed by atoms with Gasteiger partial charge in [-0.25, -0.2) is 9.78 Å². The van der Waals surface area contributed by atoms with Gasteiger partial charge in [0.25, 0.3) is 5.91 Å². The van der Waals surface area contributed by atoms with Crippen molar-refractivity contribution >= 4 is 56.5 Å². The number of nitrogens with zero attached hydrogens (tertiary/aromatic N) is 4. The first-order valence-electron chi connectivity index (χ1n) is 15.8. The molecule has 0 unspecified atom stereocenters. The average molecular weight is 637 g/mol. The molecule has 46 heavy (non-hydrogen) atoms. The second-order valence-electron chi connectivity index (χ2n) is 12.0. The number of hydrogen-bond acceptors (Lipinski definition) is 7. The van der Waals surface area contributed by atoms with Crippen LogP contribution in [0, 0.1) is 6.92 Å². The van der Waals surface area contributed by atoms with Crippen LogP contribution in [0.1, 0.15) is 40.9 Å². The SMILES string of the molecule is Cc1cc(Oc2ccccc2)ccc1N1C(=O)Nc2c(C(=O)N[C@@H]3CCCN(C(=O)/C=C/CN4CCCC4)C3)sc3nccc1c23. The summed E-state index contributed by atoms with van der Waals surface area (Å²) >= 11 is 1.26. The number of carbonyl (C=O) groups is 3. The van der Waals surface area contributed by atoms with Crippen LogP contribution in [0.3, 0.4) is 0 Å². The molecule has 2 aromatic heterocycles. The quantitative estimate of drug-likeness (QED) is 0.215. The highest BCUT2D eigenvalue weighted by molar-refractivity contribution is 7.21. The molecule has 236 valence electrons. The van der Waals surface area contributed by atoms with Crippen LogP contribution in [0.2, 0.25) is 0 Å². The number of thiophene rings is 1. The first-order valence-corrected chi connectivity index (χ1v) is 16.6. The third-order valence-corrected chi connectivity index (χ3v) is 9.83. The second-order valence-corrected chi connectivity index (χ2v) is 13.0. The topological polar surface area (TPSA) is 107 Å². The van der Waals surface area contributed by atoms with Crippen LogP contribution in [0.5, 0.6) is 11.5 Å². The summed E-state index contributed by atoms with van der Waals surface area (Å²) in [5, 5.41) is 6.84. The molecular weight excluding hydrogens is 600 g/mol. The van der Waals surface area contributed by atoms with Crippen molar-refractivity contribution in [2.24, 2.45) is 0 Å². The standard InChI is InChI=1S/C35H36N6O4S/c1-23-21-26(45-25-10-3-2-4-11-25)13-14-27(23)41-28-15-16-36-34-30(28)31(38-35(41)44)32(46-34)33(43)37-24-9-7-20-40(22-24)29(42)12-8-19-39-17-5-6-18-39/h2-4,8,10-16,21,24H,5-7,9,17-20,22H2,1H3,(H,37,43)(H,38,44)/b12-8+/t24-/m1/s1. The summed E-state index contributed by atoms with van der Waals surface area (Å²) < 4.78 is 5.99. The van der Waals surface area contributed by atoms with Crippen LogP contribution in [0.15, 0.2) is 72.9 Å². The molecule has 4 aromatic rings. The summed E-state index contributed by atoms with van der Waals surface area (Å²) in [6.07, 6.45) is 9.29. The number of likely N-dealkylation sites (tertiary alicyclic amines) is 2. The summed E-state index contributed by atoms with van der Waals surface area (Å²) in [6, 6.07) is 16.4. The maximum Gasteiger partial charge on any atom is 0.331 e. The van der Waals surface area contributed by atoms with Gasteiger partial charge in [-0.05, 0) is 87.7 Å². The van der Waals surface area contributed by atoms with E-state index >= 15 is 0 Å². The number of nitrogens with one attached hydrogen (secondary N) is 2. The Kier molecular flexibility index (Phi) is 8.42. The molecule has 0 saturated carbocycles. The molecule has 3 aliphatic heterocycles. The van der Waals surface area contributed by atoms with Gasteiger partial charge < -0.3 is 20.3 Å². The summed E-state index contributed by atoms with van der Waals surface area (Å²) in [5.41, 5.74) is 2.69. The smallest absolute Gasteiger partial charge is 0.331 e. The fraction of sp³-hybridized carbons (Fsp3) is 0.314. The minimum absolute atomic E-state index is 0.0220. The molecule has 2 saturated heterocycles. The number of aryl methyl sites for hydroxylation is 1. The Bertz CT molecular complexity index is 1820. The molecule has 2 aromatic carbocycles. The maximum absolute atomic E-state index is 13.7. The van der Waals surface area contributed by atoms with Gasteiger partial charge in [-0.3, -0.25) is 19.4 Å². The third-order valence-electron chi connectivity index (χ3n) is 8.73. The average Bonchev–Trinajstić information content (AvgIpc) is 3.71. The highest BCUT2D eigenvalue weighted by Crippen LogP contribution is 2.46. The van der Waals surface area contributed by atoms with Gasteiger partial charge in [0, 0.05) is 37.9 Å². The highest BCUT2D eigenvalue weighted by Gasteiger charge is 2.34. The predicted octanol–water partition coefficient (Wildman–Crippen LogP) is 6.45. The van der Waals surface area contributed by atoms with Gasteiger partial charge in [-0.15, -0.1) is 11.3 Å². The molecule has 3 aliphatic rings. The van der Waals surface area contributed by atoms with E-state index in [1.165, 1.54) is 24.2 Å². The Hall–Kier alpha value is -4.74. The van der Waals surface area contributed by atoms with Crippen molar-refractivity contribution in [3.63, 3.8) is 0 Å². The van der Waals surface area contributed by atoms with E-state index in [-0.39, 0.29) is 23.9 Å².